The summed E-state index contributed by atoms with van der Waals surface area (Å²) in [5, 5.41) is 21.4. The SMILES string of the molecule is CC(C)C1CCC(O)C(Cc2ccc([N+](=O)[O-])cc2Cl)C1. The van der Waals surface area contributed by atoms with Gasteiger partial charge in [-0.25, -0.2) is 0 Å². The lowest BCUT2D eigenvalue weighted by atomic mass is 9.73. The van der Waals surface area contributed by atoms with Gasteiger partial charge in [-0.2, -0.15) is 0 Å². The lowest BCUT2D eigenvalue weighted by molar-refractivity contribution is -0.384. The van der Waals surface area contributed by atoms with Gasteiger partial charge in [-0.15, -0.1) is 0 Å². The molecule has 1 aliphatic rings. The zero-order chi connectivity index (χ0) is 15.6. The summed E-state index contributed by atoms with van der Waals surface area (Å²) in [5.41, 5.74) is 0.892. The van der Waals surface area contributed by atoms with Gasteiger partial charge in [-0.3, -0.25) is 10.1 Å². The van der Waals surface area contributed by atoms with Gasteiger partial charge in [0.25, 0.3) is 5.69 Å². The molecule has 0 aliphatic heterocycles. The van der Waals surface area contributed by atoms with Gasteiger partial charge in [-0.1, -0.05) is 31.5 Å². The fourth-order valence-corrected chi connectivity index (χ4v) is 3.46. The van der Waals surface area contributed by atoms with Gasteiger partial charge in [0.05, 0.1) is 16.0 Å². The van der Waals surface area contributed by atoms with E-state index in [9.17, 15) is 15.2 Å². The third kappa shape index (κ3) is 3.95. The maximum absolute atomic E-state index is 10.7. The Balaban J connectivity index is 2.11. The molecule has 1 aromatic carbocycles. The average Bonchev–Trinajstić information content (AvgIpc) is 2.42. The quantitative estimate of drug-likeness (QED) is 0.668. The second-order valence-electron chi connectivity index (χ2n) is 6.38. The van der Waals surface area contributed by atoms with E-state index in [0.717, 1.165) is 24.8 Å². The minimum atomic E-state index is -0.445. The van der Waals surface area contributed by atoms with Crippen molar-refractivity contribution in [3.8, 4) is 0 Å². The number of hydrogen-bond acceptors (Lipinski definition) is 3. The Labute approximate surface area is 130 Å². The van der Waals surface area contributed by atoms with Gasteiger partial charge in [0.2, 0.25) is 0 Å². The summed E-state index contributed by atoms with van der Waals surface area (Å²) in [4.78, 5) is 10.3. The van der Waals surface area contributed by atoms with E-state index in [2.05, 4.69) is 13.8 Å². The van der Waals surface area contributed by atoms with Crippen molar-refractivity contribution in [1.82, 2.24) is 0 Å². The molecule has 21 heavy (non-hydrogen) atoms. The number of aliphatic hydroxyl groups is 1. The Morgan fingerprint density at radius 1 is 1.43 bits per heavy atom. The van der Waals surface area contributed by atoms with E-state index in [0.29, 0.717) is 23.3 Å². The van der Waals surface area contributed by atoms with Gasteiger partial charge in [0.15, 0.2) is 0 Å². The summed E-state index contributed by atoms with van der Waals surface area (Å²) in [6, 6.07) is 4.59. The van der Waals surface area contributed by atoms with Gasteiger partial charge in [0, 0.05) is 12.1 Å². The van der Waals surface area contributed by atoms with Crippen LogP contribution < -0.4 is 0 Å². The van der Waals surface area contributed by atoms with Gasteiger partial charge < -0.3 is 5.11 Å². The van der Waals surface area contributed by atoms with Crippen LogP contribution in [0.2, 0.25) is 5.02 Å². The van der Waals surface area contributed by atoms with Crippen LogP contribution in [-0.2, 0) is 6.42 Å². The molecule has 1 fully saturated rings. The number of nitro benzene ring substituents is 1. The molecule has 1 aliphatic carbocycles. The molecule has 3 atom stereocenters. The van der Waals surface area contributed by atoms with E-state index in [4.69, 9.17) is 11.6 Å². The molecular formula is C16H22ClNO3. The standard InChI is InChI=1S/C16H22ClNO3/c1-10(2)11-4-6-16(19)13(7-11)8-12-3-5-14(18(20)21)9-15(12)17/h3,5,9-11,13,16,19H,4,6-8H2,1-2H3. The van der Waals surface area contributed by atoms with Crippen LogP contribution in [0.25, 0.3) is 0 Å². The summed E-state index contributed by atoms with van der Waals surface area (Å²) in [7, 11) is 0. The Morgan fingerprint density at radius 2 is 2.14 bits per heavy atom. The molecule has 1 aromatic rings. The number of halogens is 1. The van der Waals surface area contributed by atoms with Crippen molar-refractivity contribution < 1.29 is 10.0 Å². The molecule has 0 saturated heterocycles. The highest BCUT2D eigenvalue weighted by molar-refractivity contribution is 6.31. The first kappa shape index (κ1) is 16.2. The fourth-order valence-electron chi connectivity index (χ4n) is 3.21. The maximum atomic E-state index is 10.7. The van der Waals surface area contributed by atoms with E-state index in [1.807, 2.05) is 0 Å². The Morgan fingerprint density at radius 3 is 2.71 bits per heavy atom. The van der Waals surface area contributed by atoms with Gasteiger partial charge >= 0.3 is 0 Å². The van der Waals surface area contributed by atoms with Gasteiger partial charge in [-0.05, 0) is 49.0 Å². The highest BCUT2D eigenvalue weighted by Gasteiger charge is 2.31. The van der Waals surface area contributed by atoms with Crippen molar-refractivity contribution in [2.75, 3.05) is 0 Å². The molecular weight excluding hydrogens is 290 g/mol. The molecule has 2 rings (SSSR count). The third-order valence-corrected chi connectivity index (χ3v) is 5.01. The number of benzene rings is 1. The maximum Gasteiger partial charge on any atom is 0.270 e. The predicted octanol–water partition coefficient (Wildman–Crippen LogP) is 4.22. The van der Waals surface area contributed by atoms with Crippen LogP contribution in [0.4, 0.5) is 5.69 Å². The zero-order valence-electron chi connectivity index (χ0n) is 12.5. The average molecular weight is 312 g/mol. The molecule has 3 unspecified atom stereocenters. The highest BCUT2D eigenvalue weighted by atomic mass is 35.5. The molecule has 5 heteroatoms. The normalized spacial score (nSPS) is 26.0. The summed E-state index contributed by atoms with van der Waals surface area (Å²) in [6.45, 7) is 4.44. The number of rotatable bonds is 4. The topological polar surface area (TPSA) is 63.4 Å². The van der Waals surface area contributed by atoms with Gasteiger partial charge in [0.1, 0.15) is 0 Å². The smallest absolute Gasteiger partial charge is 0.270 e. The third-order valence-electron chi connectivity index (χ3n) is 4.66. The number of non-ortho nitro benzene ring substituents is 1. The van der Waals surface area contributed by atoms with Crippen molar-refractivity contribution in [3.05, 3.63) is 38.9 Å². The molecule has 0 bridgehead atoms. The first-order chi connectivity index (χ1) is 9.88. The van der Waals surface area contributed by atoms with E-state index >= 15 is 0 Å². The Bertz CT molecular complexity index is 518. The van der Waals surface area contributed by atoms with Crippen molar-refractivity contribution >= 4 is 17.3 Å². The van der Waals surface area contributed by atoms with E-state index in [-0.39, 0.29) is 17.7 Å². The monoisotopic (exact) mass is 311 g/mol. The summed E-state index contributed by atoms with van der Waals surface area (Å²) in [5.74, 6) is 1.44. The van der Waals surface area contributed by atoms with Crippen molar-refractivity contribution in [1.29, 1.82) is 0 Å². The first-order valence-electron chi connectivity index (χ1n) is 7.49. The predicted molar refractivity (Wildman–Crippen MR) is 83.5 cm³/mol. The molecule has 0 heterocycles. The van der Waals surface area contributed by atoms with Crippen LogP contribution in [0.3, 0.4) is 0 Å². The van der Waals surface area contributed by atoms with Crippen LogP contribution in [0.1, 0.15) is 38.7 Å². The molecule has 4 nitrogen and oxygen atoms in total. The largest absolute Gasteiger partial charge is 0.393 e. The summed E-state index contributed by atoms with van der Waals surface area (Å²) in [6.07, 6.45) is 3.28. The molecule has 1 N–H and O–H groups in total. The molecule has 0 amide bonds. The molecule has 0 radical (unpaired) electrons. The molecule has 0 aromatic heterocycles. The minimum Gasteiger partial charge on any atom is -0.393 e. The van der Waals surface area contributed by atoms with Crippen LogP contribution in [0, 0.1) is 27.9 Å². The fraction of sp³-hybridized carbons (Fsp3) is 0.625. The molecule has 116 valence electrons. The molecule has 0 spiro atoms. The number of nitrogens with zero attached hydrogens (tertiary/aromatic N) is 1. The van der Waals surface area contributed by atoms with Crippen LogP contribution in [0.5, 0.6) is 0 Å². The number of hydrogen-bond donors (Lipinski definition) is 1. The number of nitro groups is 1. The first-order valence-corrected chi connectivity index (χ1v) is 7.87. The Hall–Kier alpha value is -1.13. The highest BCUT2D eigenvalue weighted by Crippen LogP contribution is 2.37. The number of aliphatic hydroxyl groups excluding tert-OH is 1. The van der Waals surface area contributed by atoms with E-state index in [1.165, 1.54) is 12.1 Å². The lowest BCUT2D eigenvalue weighted by Gasteiger charge is -2.35. The lowest BCUT2D eigenvalue weighted by Crippen LogP contribution is -2.32. The van der Waals surface area contributed by atoms with Crippen molar-refractivity contribution in [2.45, 2.75) is 45.6 Å². The zero-order valence-corrected chi connectivity index (χ0v) is 13.2. The second-order valence-corrected chi connectivity index (χ2v) is 6.79. The minimum absolute atomic E-state index is 0.00741. The Kier molecular flexibility index (Phi) is 5.22. The van der Waals surface area contributed by atoms with Crippen LogP contribution in [-0.4, -0.2) is 16.1 Å². The molecule has 1 saturated carbocycles. The van der Waals surface area contributed by atoms with E-state index in [1.54, 1.807) is 6.07 Å². The second kappa shape index (κ2) is 6.75. The van der Waals surface area contributed by atoms with Crippen LogP contribution >= 0.6 is 11.6 Å². The van der Waals surface area contributed by atoms with E-state index < -0.39 is 4.92 Å². The summed E-state index contributed by atoms with van der Waals surface area (Å²) < 4.78 is 0. The van der Waals surface area contributed by atoms with Crippen molar-refractivity contribution in [2.24, 2.45) is 17.8 Å². The summed E-state index contributed by atoms with van der Waals surface area (Å²) >= 11 is 6.15. The van der Waals surface area contributed by atoms with Crippen LogP contribution in [0.15, 0.2) is 18.2 Å². The van der Waals surface area contributed by atoms with Crippen molar-refractivity contribution in [3.63, 3.8) is 0 Å².